The number of carbonyl (C=O) groups is 2. The zero-order valence-corrected chi connectivity index (χ0v) is 10.6. The first-order valence-electron chi connectivity index (χ1n) is 4.88. The number of halogens is 2. The van der Waals surface area contributed by atoms with Gasteiger partial charge in [0, 0.05) is 10.5 Å². The zero-order chi connectivity index (χ0) is 13.0. The second kappa shape index (κ2) is 5.77. The quantitative estimate of drug-likeness (QED) is 0.896. The fourth-order valence-corrected chi connectivity index (χ4v) is 1.82. The van der Waals surface area contributed by atoms with Crippen LogP contribution < -0.4 is 5.32 Å². The summed E-state index contributed by atoms with van der Waals surface area (Å²) >= 11 is 3.07. The molecular weight excluding hydrogens is 293 g/mol. The first-order chi connectivity index (χ1) is 7.90. The Bertz CT molecular complexity index is 450. The smallest absolute Gasteiger partial charge is 0.305 e. The van der Waals surface area contributed by atoms with Crippen molar-refractivity contribution in [2.45, 2.75) is 19.4 Å². The molecule has 1 atom stereocenters. The Balaban J connectivity index is 2.73. The molecule has 2 N–H and O–H groups in total. The van der Waals surface area contributed by atoms with Gasteiger partial charge in [0.25, 0.3) is 5.91 Å². The van der Waals surface area contributed by atoms with Crippen molar-refractivity contribution in [1.82, 2.24) is 5.32 Å². The number of hydrogen-bond donors (Lipinski definition) is 2. The van der Waals surface area contributed by atoms with E-state index in [1.165, 1.54) is 18.2 Å². The molecule has 0 fully saturated rings. The summed E-state index contributed by atoms with van der Waals surface area (Å²) in [6, 6.07) is 3.19. The summed E-state index contributed by atoms with van der Waals surface area (Å²) < 4.78 is 13.1. The highest BCUT2D eigenvalue weighted by atomic mass is 79.9. The minimum absolute atomic E-state index is 0.162. The topological polar surface area (TPSA) is 66.4 Å². The molecule has 0 radical (unpaired) electrons. The predicted octanol–water partition coefficient (Wildman–Crippen LogP) is 2.18. The van der Waals surface area contributed by atoms with Gasteiger partial charge in [-0.05, 0) is 41.1 Å². The van der Waals surface area contributed by atoms with Crippen LogP contribution in [0.15, 0.2) is 22.7 Å². The van der Waals surface area contributed by atoms with Crippen LogP contribution in [0.4, 0.5) is 4.39 Å². The molecule has 0 saturated carbocycles. The fraction of sp³-hybridized carbons (Fsp3) is 0.273. The molecule has 4 nitrogen and oxygen atoms in total. The summed E-state index contributed by atoms with van der Waals surface area (Å²) in [5.41, 5.74) is 0.267. The molecule has 1 amide bonds. The molecule has 17 heavy (non-hydrogen) atoms. The van der Waals surface area contributed by atoms with Gasteiger partial charge in [-0.15, -0.1) is 0 Å². The van der Waals surface area contributed by atoms with Crippen LogP contribution in [-0.2, 0) is 4.79 Å². The lowest BCUT2D eigenvalue weighted by Gasteiger charge is -2.12. The molecular formula is C11H11BrFNO3. The first-order valence-corrected chi connectivity index (χ1v) is 5.67. The molecule has 0 heterocycles. The molecule has 92 valence electrons. The third kappa shape index (κ3) is 4.14. The lowest BCUT2D eigenvalue weighted by Crippen LogP contribution is -2.34. The molecule has 0 spiro atoms. The monoisotopic (exact) mass is 303 g/mol. The van der Waals surface area contributed by atoms with Crippen LogP contribution in [-0.4, -0.2) is 23.0 Å². The van der Waals surface area contributed by atoms with Crippen LogP contribution in [0.1, 0.15) is 23.7 Å². The van der Waals surface area contributed by atoms with Crippen molar-refractivity contribution in [1.29, 1.82) is 0 Å². The van der Waals surface area contributed by atoms with E-state index < -0.39 is 23.7 Å². The average Bonchev–Trinajstić information content (AvgIpc) is 2.15. The van der Waals surface area contributed by atoms with Crippen molar-refractivity contribution < 1.29 is 19.1 Å². The lowest BCUT2D eigenvalue weighted by atomic mass is 10.1. The Morgan fingerprint density at radius 3 is 2.71 bits per heavy atom. The lowest BCUT2D eigenvalue weighted by molar-refractivity contribution is -0.137. The van der Waals surface area contributed by atoms with Gasteiger partial charge in [-0.2, -0.15) is 0 Å². The van der Waals surface area contributed by atoms with Crippen molar-refractivity contribution in [2.75, 3.05) is 0 Å². The summed E-state index contributed by atoms with van der Waals surface area (Å²) in [6.45, 7) is 1.59. The van der Waals surface area contributed by atoms with E-state index in [2.05, 4.69) is 21.2 Å². The van der Waals surface area contributed by atoms with E-state index in [0.717, 1.165) is 0 Å². The van der Waals surface area contributed by atoms with Crippen molar-refractivity contribution >= 4 is 27.8 Å². The Morgan fingerprint density at radius 2 is 2.18 bits per heavy atom. The van der Waals surface area contributed by atoms with E-state index in [0.29, 0.717) is 4.47 Å². The molecule has 0 aromatic heterocycles. The molecule has 1 rings (SSSR count). The van der Waals surface area contributed by atoms with Crippen molar-refractivity contribution in [2.24, 2.45) is 0 Å². The Kier molecular flexibility index (Phi) is 4.62. The zero-order valence-electron chi connectivity index (χ0n) is 9.04. The van der Waals surface area contributed by atoms with Gasteiger partial charge in [-0.3, -0.25) is 9.59 Å². The highest BCUT2D eigenvalue weighted by Crippen LogP contribution is 2.18. The van der Waals surface area contributed by atoms with Crippen molar-refractivity contribution in [3.63, 3.8) is 0 Å². The van der Waals surface area contributed by atoms with Crippen LogP contribution in [0.5, 0.6) is 0 Å². The van der Waals surface area contributed by atoms with Gasteiger partial charge >= 0.3 is 5.97 Å². The van der Waals surface area contributed by atoms with Crippen molar-refractivity contribution in [3.8, 4) is 0 Å². The van der Waals surface area contributed by atoms with E-state index in [4.69, 9.17) is 5.11 Å². The number of benzene rings is 1. The number of rotatable bonds is 4. The number of carboxylic acids is 1. The molecule has 1 aromatic carbocycles. The normalized spacial score (nSPS) is 11.9. The molecule has 0 aliphatic carbocycles. The molecule has 0 bridgehead atoms. The number of hydrogen-bond acceptors (Lipinski definition) is 2. The largest absolute Gasteiger partial charge is 0.481 e. The Labute approximate surface area is 106 Å². The van der Waals surface area contributed by atoms with Gasteiger partial charge in [0.1, 0.15) is 5.82 Å². The molecule has 0 aliphatic heterocycles. The Morgan fingerprint density at radius 1 is 1.53 bits per heavy atom. The fourth-order valence-electron chi connectivity index (χ4n) is 1.29. The number of amides is 1. The second-order valence-electron chi connectivity index (χ2n) is 3.60. The second-order valence-corrected chi connectivity index (χ2v) is 4.45. The number of carboxylic acid groups (broad SMARTS) is 1. The van der Waals surface area contributed by atoms with Gasteiger partial charge in [0.2, 0.25) is 0 Å². The maximum atomic E-state index is 12.8. The predicted molar refractivity (Wildman–Crippen MR) is 63.3 cm³/mol. The molecule has 1 aromatic rings. The van der Waals surface area contributed by atoms with Gasteiger partial charge in [0.05, 0.1) is 12.0 Å². The summed E-state index contributed by atoms with van der Waals surface area (Å²) in [6.07, 6.45) is -0.162. The third-order valence-electron chi connectivity index (χ3n) is 2.03. The van der Waals surface area contributed by atoms with E-state index >= 15 is 0 Å². The third-order valence-corrected chi connectivity index (χ3v) is 2.69. The van der Waals surface area contributed by atoms with E-state index in [-0.39, 0.29) is 12.0 Å². The van der Waals surface area contributed by atoms with Gasteiger partial charge in [0.15, 0.2) is 0 Å². The average molecular weight is 304 g/mol. The van der Waals surface area contributed by atoms with E-state index in [1.807, 2.05) is 0 Å². The SMILES string of the molecule is CC(CC(=O)O)NC(=O)c1ccc(F)cc1Br. The highest BCUT2D eigenvalue weighted by molar-refractivity contribution is 9.10. The minimum Gasteiger partial charge on any atom is -0.481 e. The molecule has 0 saturated heterocycles. The maximum Gasteiger partial charge on any atom is 0.305 e. The number of carbonyl (C=O) groups excluding carboxylic acids is 1. The molecule has 6 heteroatoms. The van der Waals surface area contributed by atoms with Crippen LogP contribution in [0, 0.1) is 5.82 Å². The minimum atomic E-state index is -0.990. The molecule has 1 unspecified atom stereocenters. The van der Waals surface area contributed by atoms with Gasteiger partial charge < -0.3 is 10.4 Å². The maximum absolute atomic E-state index is 12.8. The van der Waals surface area contributed by atoms with E-state index in [1.54, 1.807) is 6.92 Å². The summed E-state index contributed by atoms with van der Waals surface area (Å²) in [5.74, 6) is -1.88. The summed E-state index contributed by atoms with van der Waals surface area (Å²) in [4.78, 5) is 22.1. The van der Waals surface area contributed by atoms with Gasteiger partial charge in [-0.25, -0.2) is 4.39 Å². The van der Waals surface area contributed by atoms with Crippen LogP contribution >= 0.6 is 15.9 Å². The number of nitrogens with one attached hydrogen (secondary N) is 1. The van der Waals surface area contributed by atoms with Gasteiger partial charge in [-0.1, -0.05) is 0 Å². The highest BCUT2D eigenvalue weighted by Gasteiger charge is 2.15. The van der Waals surface area contributed by atoms with E-state index in [9.17, 15) is 14.0 Å². The van der Waals surface area contributed by atoms with Crippen LogP contribution in [0.3, 0.4) is 0 Å². The first kappa shape index (κ1) is 13.6. The van der Waals surface area contributed by atoms with Crippen molar-refractivity contribution in [3.05, 3.63) is 34.1 Å². The van der Waals surface area contributed by atoms with Crippen LogP contribution in [0.2, 0.25) is 0 Å². The summed E-state index contributed by atoms with van der Waals surface area (Å²) in [7, 11) is 0. The number of aliphatic carboxylic acids is 1. The van der Waals surface area contributed by atoms with Crippen LogP contribution in [0.25, 0.3) is 0 Å². The summed E-state index contributed by atoms with van der Waals surface area (Å²) in [5, 5.41) is 11.1. The molecule has 0 aliphatic rings. The standard InChI is InChI=1S/C11H11BrFNO3/c1-6(4-10(15)16)14-11(17)8-3-2-7(13)5-9(8)12/h2-3,5-6H,4H2,1H3,(H,14,17)(H,15,16). The Hall–Kier alpha value is -1.43.